The van der Waals surface area contributed by atoms with Gasteiger partial charge in [-0.1, -0.05) is 0 Å². The molecule has 2 aromatic heterocycles. The molecule has 0 fully saturated rings. The van der Waals surface area contributed by atoms with Crippen molar-refractivity contribution in [3.8, 4) is 11.3 Å². The lowest BCUT2D eigenvalue weighted by Gasteiger charge is -2.20. The number of aliphatic hydroxyl groups is 1. The van der Waals surface area contributed by atoms with Crippen LogP contribution in [0.1, 0.15) is 5.56 Å². The van der Waals surface area contributed by atoms with Gasteiger partial charge in [0.2, 0.25) is 0 Å². The SMILES string of the molecule is OCCN(Cc1ccsc1)c1nc(-c2ccc(F)cc2)cs1. The minimum atomic E-state index is -0.251. The van der Waals surface area contributed by atoms with E-state index < -0.39 is 0 Å². The van der Waals surface area contributed by atoms with Crippen LogP contribution >= 0.6 is 22.7 Å². The number of benzene rings is 1. The van der Waals surface area contributed by atoms with E-state index in [1.807, 2.05) is 10.8 Å². The van der Waals surface area contributed by atoms with E-state index in [0.29, 0.717) is 6.54 Å². The fourth-order valence-electron chi connectivity index (χ4n) is 2.13. The molecule has 22 heavy (non-hydrogen) atoms. The van der Waals surface area contributed by atoms with Crippen molar-refractivity contribution in [2.24, 2.45) is 0 Å². The molecular weight excluding hydrogens is 319 g/mol. The Morgan fingerprint density at radius 2 is 1.95 bits per heavy atom. The Hall–Kier alpha value is -1.76. The van der Waals surface area contributed by atoms with Crippen molar-refractivity contribution in [1.82, 2.24) is 4.98 Å². The summed E-state index contributed by atoms with van der Waals surface area (Å²) in [5.74, 6) is -0.251. The van der Waals surface area contributed by atoms with Gasteiger partial charge in [-0.3, -0.25) is 0 Å². The summed E-state index contributed by atoms with van der Waals surface area (Å²) in [6.45, 7) is 1.34. The van der Waals surface area contributed by atoms with Crippen molar-refractivity contribution in [2.75, 3.05) is 18.1 Å². The summed E-state index contributed by atoms with van der Waals surface area (Å²) in [6, 6.07) is 8.40. The Bertz CT molecular complexity index is 710. The van der Waals surface area contributed by atoms with E-state index in [9.17, 15) is 9.50 Å². The lowest BCUT2D eigenvalue weighted by molar-refractivity contribution is 0.301. The molecule has 0 aliphatic heterocycles. The van der Waals surface area contributed by atoms with E-state index in [0.717, 1.165) is 22.9 Å². The summed E-state index contributed by atoms with van der Waals surface area (Å²) in [4.78, 5) is 6.68. The van der Waals surface area contributed by atoms with E-state index >= 15 is 0 Å². The number of hydrogen-bond acceptors (Lipinski definition) is 5. The van der Waals surface area contributed by atoms with Gasteiger partial charge in [-0.25, -0.2) is 9.37 Å². The second kappa shape index (κ2) is 7.00. The molecule has 3 nitrogen and oxygen atoms in total. The van der Waals surface area contributed by atoms with Crippen LogP contribution in [-0.4, -0.2) is 23.2 Å². The Labute approximate surface area is 136 Å². The number of aliphatic hydroxyl groups excluding tert-OH is 1. The Morgan fingerprint density at radius 3 is 2.64 bits per heavy atom. The molecule has 3 aromatic rings. The largest absolute Gasteiger partial charge is 0.395 e. The first-order valence-corrected chi connectivity index (χ1v) is 8.67. The molecule has 1 N–H and O–H groups in total. The summed E-state index contributed by atoms with van der Waals surface area (Å²) >= 11 is 3.19. The van der Waals surface area contributed by atoms with Crippen LogP contribution in [-0.2, 0) is 6.54 Å². The predicted molar refractivity (Wildman–Crippen MR) is 90.0 cm³/mol. The third-order valence-corrected chi connectivity index (χ3v) is 4.86. The average Bonchev–Trinajstić information content (AvgIpc) is 3.19. The summed E-state index contributed by atoms with van der Waals surface area (Å²) in [7, 11) is 0. The van der Waals surface area contributed by atoms with Crippen LogP contribution in [0.5, 0.6) is 0 Å². The Balaban J connectivity index is 1.81. The van der Waals surface area contributed by atoms with Gasteiger partial charge in [0.15, 0.2) is 5.13 Å². The molecule has 0 aliphatic carbocycles. The maximum Gasteiger partial charge on any atom is 0.186 e. The number of rotatable bonds is 6. The molecule has 2 heterocycles. The lowest BCUT2D eigenvalue weighted by atomic mass is 10.2. The van der Waals surface area contributed by atoms with Gasteiger partial charge < -0.3 is 10.0 Å². The number of halogens is 1. The van der Waals surface area contributed by atoms with Crippen LogP contribution < -0.4 is 4.90 Å². The van der Waals surface area contributed by atoms with Gasteiger partial charge in [0.05, 0.1) is 12.3 Å². The van der Waals surface area contributed by atoms with Crippen molar-refractivity contribution >= 4 is 27.8 Å². The van der Waals surface area contributed by atoms with Crippen molar-refractivity contribution in [1.29, 1.82) is 0 Å². The zero-order valence-electron chi connectivity index (χ0n) is 11.8. The molecule has 0 saturated carbocycles. The van der Waals surface area contributed by atoms with E-state index in [1.165, 1.54) is 29.0 Å². The Kier molecular flexibility index (Phi) is 4.82. The molecular formula is C16H15FN2OS2. The summed E-state index contributed by atoms with van der Waals surface area (Å²) < 4.78 is 13.0. The van der Waals surface area contributed by atoms with Gasteiger partial charge in [-0.2, -0.15) is 11.3 Å². The fourth-order valence-corrected chi connectivity index (χ4v) is 3.65. The normalized spacial score (nSPS) is 10.8. The van der Waals surface area contributed by atoms with Crippen LogP contribution in [0.15, 0.2) is 46.5 Å². The highest BCUT2D eigenvalue weighted by Crippen LogP contribution is 2.28. The molecule has 3 rings (SSSR count). The number of thiophene rings is 1. The third kappa shape index (κ3) is 3.52. The van der Waals surface area contributed by atoms with Gasteiger partial charge in [-0.15, -0.1) is 11.3 Å². The first-order chi connectivity index (χ1) is 10.8. The summed E-state index contributed by atoms with van der Waals surface area (Å²) in [6.07, 6.45) is 0. The molecule has 0 unspecified atom stereocenters. The molecule has 0 aliphatic rings. The summed E-state index contributed by atoms with van der Waals surface area (Å²) in [5.41, 5.74) is 2.92. The number of nitrogens with zero attached hydrogens (tertiary/aromatic N) is 2. The highest BCUT2D eigenvalue weighted by atomic mass is 32.1. The summed E-state index contributed by atoms with van der Waals surface area (Å²) in [5, 5.41) is 16.2. The maximum atomic E-state index is 13.0. The molecule has 1 aromatic carbocycles. The molecule has 0 amide bonds. The molecule has 0 atom stereocenters. The standard InChI is InChI=1S/C16H15FN2OS2/c17-14-3-1-13(2-4-14)15-11-22-16(18-15)19(6-7-20)9-12-5-8-21-10-12/h1-5,8,10-11,20H,6-7,9H2. The van der Waals surface area contributed by atoms with E-state index in [2.05, 4.69) is 21.3 Å². The number of hydrogen-bond donors (Lipinski definition) is 1. The average molecular weight is 334 g/mol. The molecule has 6 heteroatoms. The first-order valence-electron chi connectivity index (χ1n) is 6.84. The van der Waals surface area contributed by atoms with Crippen molar-refractivity contribution < 1.29 is 9.50 Å². The zero-order chi connectivity index (χ0) is 15.4. The number of aromatic nitrogens is 1. The minimum Gasteiger partial charge on any atom is -0.395 e. The van der Waals surface area contributed by atoms with Gasteiger partial charge >= 0.3 is 0 Å². The maximum absolute atomic E-state index is 13.0. The predicted octanol–water partition coefficient (Wildman–Crippen LogP) is 4.01. The van der Waals surface area contributed by atoms with Gasteiger partial charge in [-0.05, 0) is 46.7 Å². The topological polar surface area (TPSA) is 36.4 Å². The molecule has 0 radical (unpaired) electrons. The molecule has 114 valence electrons. The van der Waals surface area contributed by atoms with Gasteiger partial charge in [0.25, 0.3) is 0 Å². The van der Waals surface area contributed by atoms with Crippen molar-refractivity contribution in [3.63, 3.8) is 0 Å². The highest BCUT2D eigenvalue weighted by molar-refractivity contribution is 7.14. The van der Waals surface area contributed by atoms with Crippen LogP contribution in [0.3, 0.4) is 0 Å². The number of thiazole rings is 1. The second-order valence-corrected chi connectivity index (χ2v) is 6.42. The fraction of sp³-hybridized carbons (Fsp3) is 0.188. The van der Waals surface area contributed by atoms with E-state index in [-0.39, 0.29) is 12.4 Å². The molecule has 0 bridgehead atoms. The molecule has 0 spiro atoms. The van der Waals surface area contributed by atoms with Crippen LogP contribution in [0.2, 0.25) is 0 Å². The number of anilines is 1. The molecule has 0 saturated heterocycles. The van der Waals surface area contributed by atoms with Crippen LogP contribution in [0, 0.1) is 5.82 Å². The minimum absolute atomic E-state index is 0.0790. The monoisotopic (exact) mass is 334 g/mol. The second-order valence-electron chi connectivity index (χ2n) is 4.80. The Morgan fingerprint density at radius 1 is 1.14 bits per heavy atom. The van der Waals surface area contributed by atoms with Gasteiger partial charge in [0, 0.05) is 24.0 Å². The van der Waals surface area contributed by atoms with Crippen LogP contribution in [0.25, 0.3) is 11.3 Å². The van der Waals surface area contributed by atoms with Crippen molar-refractivity contribution in [3.05, 3.63) is 57.9 Å². The lowest BCUT2D eigenvalue weighted by Crippen LogP contribution is -2.25. The smallest absolute Gasteiger partial charge is 0.186 e. The quantitative estimate of drug-likeness (QED) is 0.740. The first kappa shape index (κ1) is 15.1. The van der Waals surface area contributed by atoms with Crippen LogP contribution in [0.4, 0.5) is 9.52 Å². The van der Waals surface area contributed by atoms with Crippen molar-refractivity contribution in [2.45, 2.75) is 6.54 Å². The van der Waals surface area contributed by atoms with E-state index in [4.69, 9.17) is 0 Å². The van der Waals surface area contributed by atoms with E-state index in [1.54, 1.807) is 23.5 Å². The third-order valence-electron chi connectivity index (χ3n) is 3.23. The zero-order valence-corrected chi connectivity index (χ0v) is 13.4. The van der Waals surface area contributed by atoms with Gasteiger partial charge in [0.1, 0.15) is 5.82 Å². The highest BCUT2D eigenvalue weighted by Gasteiger charge is 2.13.